The third-order valence-corrected chi connectivity index (χ3v) is 3.73. The molecule has 110 valence electrons. The van der Waals surface area contributed by atoms with E-state index in [1.165, 1.54) is 18.9 Å². The number of carboxylic acids is 1. The summed E-state index contributed by atoms with van der Waals surface area (Å²) in [5, 5.41) is 9.07. The number of pyridine rings is 1. The van der Waals surface area contributed by atoms with Gasteiger partial charge in [0.15, 0.2) is 11.5 Å². The van der Waals surface area contributed by atoms with Gasteiger partial charge in [0.2, 0.25) is 0 Å². The number of aromatic nitrogens is 1. The number of hydrogen-bond acceptors (Lipinski definition) is 5. The standard InChI is InChI=1S/C14H21N3O3/c1-9(10-3-4-10)17(7-8-20-2)13-11(15)5-6-12(16-13)14(18)19/h5-6,9-10H,3-4,7-8,15H2,1-2H3,(H,18,19). The number of rotatable bonds is 7. The summed E-state index contributed by atoms with van der Waals surface area (Å²) < 4.78 is 5.14. The highest BCUT2D eigenvalue weighted by Crippen LogP contribution is 2.37. The van der Waals surface area contributed by atoms with E-state index in [0.717, 1.165) is 0 Å². The van der Waals surface area contributed by atoms with Crippen LogP contribution in [0.2, 0.25) is 0 Å². The van der Waals surface area contributed by atoms with Crippen LogP contribution in [0.15, 0.2) is 12.1 Å². The Morgan fingerprint density at radius 3 is 2.85 bits per heavy atom. The van der Waals surface area contributed by atoms with E-state index < -0.39 is 5.97 Å². The van der Waals surface area contributed by atoms with Crippen LogP contribution in [0.5, 0.6) is 0 Å². The molecule has 0 spiro atoms. The van der Waals surface area contributed by atoms with Gasteiger partial charge in [0.1, 0.15) is 0 Å². The number of carboxylic acid groups (broad SMARTS) is 1. The number of carbonyl (C=O) groups is 1. The van der Waals surface area contributed by atoms with Crippen molar-refractivity contribution in [3.05, 3.63) is 17.8 Å². The second-order valence-corrected chi connectivity index (χ2v) is 5.18. The van der Waals surface area contributed by atoms with E-state index in [0.29, 0.717) is 30.6 Å². The van der Waals surface area contributed by atoms with Crippen LogP contribution in [-0.2, 0) is 4.74 Å². The molecule has 6 nitrogen and oxygen atoms in total. The molecule has 0 radical (unpaired) electrons. The molecule has 1 aliphatic rings. The maximum absolute atomic E-state index is 11.1. The van der Waals surface area contributed by atoms with Gasteiger partial charge < -0.3 is 20.5 Å². The van der Waals surface area contributed by atoms with E-state index in [1.807, 2.05) is 0 Å². The zero-order chi connectivity index (χ0) is 14.7. The third kappa shape index (κ3) is 3.19. The number of nitrogen functional groups attached to an aromatic ring is 1. The largest absolute Gasteiger partial charge is 0.477 e. The van der Waals surface area contributed by atoms with Crippen LogP contribution in [0, 0.1) is 5.92 Å². The summed E-state index contributed by atoms with van der Waals surface area (Å²) >= 11 is 0. The summed E-state index contributed by atoms with van der Waals surface area (Å²) in [6, 6.07) is 3.31. The van der Waals surface area contributed by atoms with Gasteiger partial charge >= 0.3 is 5.97 Å². The molecule has 20 heavy (non-hydrogen) atoms. The van der Waals surface area contributed by atoms with E-state index in [1.54, 1.807) is 13.2 Å². The van der Waals surface area contributed by atoms with Crippen LogP contribution >= 0.6 is 0 Å². The first-order valence-electron chi connectivity index (χ1n) is 6.80. The number of methoxy groups -OCH3 is 1. The van der Waals surface area contributed by atoms with Crippen molar-refractivity contribution in [1.82, 2.24) is 4.98 Å². The Hall–Kier alpha value is -1.82. The third-order valence-electron chi connectivity index (χ3n) is 3.73. The summed E-state index contributed by atoms with van der Waals surface area (Å²) in [4.78, 5) is 17.3. The fourth-order valence-corrected chi connectivity index (χ4v) is 2.33. The summed E-state index contributed by atoms with van der Waals surface area (Å²) in [5.41, 5.74) is 6.49. The number of anilines is 2. The summed E-state index contributed by atoms with van der Waals surface area (Å²) in [6.45, 7) is 3.33. The van der Waals surface area contributed by atoms with Gasteiger partial charge in [-0.25, -0.2) is 9.78 Å². The molecule has 1 aliphatic carbocycles. The van der Waals surface area contributed by atoms with Crippen LogP contribution in [0.3, 0.4) is 0 Å². The second kappa shape index (κ2) is 6.09. The van der Waals surface area contributed by atoms with Crippen LogP contribution in [0.25, 0.3) is 0 Å². The number of nitrogens with two attached hydrogens (primary N) is 1. The van der Waals surface area contributed by atoms with Crippen molar-refractivity contribution in [2.75, 3.05) is 30.9 Å². The van der Waals surface area contributed by atoms with E-state index >= 15 is 0 Å². The van der Waals surface area contributed by atoms with E-state index in [-0.39, 0.29) is 11.7 Å². The Morgan fingerprint density at radius 2 is 2.30 bits per heavy atom. The minimum Gasteiger partial charge on any atom is -0.477 e. The van der Waals surface area contributed by atoms with E-state index in [9.17, 15) is 4.79 Å². The Kier molecular flexibility index (Phi) is 4.44. The van der Waals surface area contributed by atoms with Crippen molar-refractivity contribution in [1.29, 1.82) is 0 Å². The van der Waals surface area contributed by atoms with Crippen molar-refractivity contribution < 1.29 is 14.6 Å². The summed E-state index contributed by atoms with van der Waals surface area (Å²) in [6.07, 6.45) is 2.40. The minimum absolute atomic E-state index is 0.0135. The van der Waals surface area contributed by atoms with E-state index in [2.05, 4.69) is 16.8 Å². The van der Waals surface area contributed by atoms with Crippen molar-refractivity contribution in [2.24, 2.45) is 5.92 Å². The van der Waals surface area contributed by atoms with Crippen molar-refractivity contribution in [3.8, 4) is 0 Å². The average molecular weight is 279 g/mol. The highest BCUT2D eigenvalue weighted by atomic mass is 16.5. The number of aromatic carboxylic acids is 1. The molecule has 1 atom stereocenters. The first-order valence-corrected chi connectivity index (χ1v) is 6.80. The lowest BCUT2D eigenvalue weighted by molar-refractivity contribution is 0.0690. The van der Waals surface area contributed by atoms with Gasteiger partial charge in [-0.05, 0) is 37.8 Å². The van der Waals surface area contributed by atoms with E-state index in [4.69, 9.17) is 15.6 Å². The predicted molar refractivity (Wildman–Crippen MR) is 77.0 cm³/mol. The van der Waals surface area contributed by atoms with Gasteiger partial charge in [-0.15, -0.1) is 0 Å². The molecular weight excluding hydrogens is 258 g/mol. The molecule has 1 fully saturated rings. The molecule has 0 aromatic carbocycles. The molecule has 6 heteroatoms. The molecular formula is C14H21N3O3. The molecule has 3 N–H and O–H groups in total. The molecule has 0 bridgehead atoms. The summed E-state index contributed by atoms with van der Waals surface area (Å²) in [5.74, 6) is 0.125. The number of nitrogens with zero attached hydrogens (tertiary/aromatic N) is 2. The molecule has 0 amide bonds. The first-order chi connectivity index (χ1) is 9.54. The van der Waals surface area contributed by atoms with Gasteiger partial charge in [-0.1, -0.05) is 0 Å². The van der Waals surface area contributed by atoms with Crippen LogP contribution in [0.1, 0.15) is 30.3 Å². The molecule has 0 saturated heterocycles. The molecule has 2 rings (SSSR count). The lowest BCUT2D eigenvalue weighted by Gasteiger charge is -2.31. The molecule has 1 heterocycles. The quantitative estimate of drug-likeness (QED) is 0.788. The average Bonchev–Trinajstić information content (AvgIpc) is 3.24. The predicted octanol–water partition coefficient (Wildman–Crippen LogP) is 1.61. The first kappa shape index (κ1) is 14.6. The smallest absolute Gasteiger partial charge is 0.354 e. The molecule has 1 unspecified atom stereocenters. The molecule has 1 saturated carbocycles. The van der Waals surface area contributed by atoms with Crippen LogP contribution in [0.4, 0.5) is 11.5 Å². The molecule has 0 aliphatic heterocycles. The van der Waals surface area contributed by atoms with Gasteiger partial charge in [0.25, 0.3) is 0 Å². The Bertz CT molecular complexity index is 489. The lowest BCUT2D eigenvalue weighted by Crippen LogP contribution is -2.38. The number of ether oxygens (including phenoxy) is 1. The zero-order valence-electron chi connectivity index (χ0n) is 11.9. The highest BCUT2D eigenvalue weighted by Gasteiger charge is 2.33. The van der Waals surface area contributed by atoms with Crippen LogP contribution < -0.4 is 10.6 Å². The van der Waals surface area contributed by atoms with Gasteiger partial charge in [-0.2, -0.15) is 0 Å². The Morgan fingerprint density at radius 1 is 1.60 bits per heavy atom. The van der Waals surface area contributed by atoms with Gasteiger partial charge in [0.05, 0.1) is 12.3 Å². The van der Waals surface area contributed by atoms with Crippen molar-refractivity contribution in [3.63, 3.8) is 0 Å². The molecule has 1 aromatic rings. The normalized spacial score (nSPS) is 15.9. The van der Waals surface area contributed by atoms with Crippen LogP contribution in [-0.4, -0.2) is 42.4 Å². The summed E-state index contributed by atoms with van der Waals surface area (Å²) in [7, 11) is 1.64. The minimum atomic E-state index is -1.04. The highest BCUT2D eigenvalue weighted by molar-refractivity contribution is 5.87. The monoisotopic (exact) mass is 279 g/mol. The second-order valence-electron chi connectivity index (χ2n) is 5.18. The maximum atomic E-state index is 11.1. The fourth-order valence-electron chi connectivity index (χ4n) is 2.33. The van der Waals surface area contributed by atoms with Gasteiger partial charge in [-0.3, -0.25) is 0 Å². The lowest BCUT2D eigenvalue weighted by atomic mass is 10.1. The Labute approximate surface area is 118 Å². The van der Waals surface area contributed by atoms with Crippen molar-refractivity contribution in [2.45, 2.75) is 25.8 Å². The fraction of sp³-hybridized carbons (Fsp3) is 0.571. The van der Waals surface area contributed by atoms with Gasteiger partial charge in [0, 0.05) is 19.7 Å². The molecule has 1 aromatic heterocycles. The maximum Gasteiger partial charge on any atom is 0.354 e. The van der Waals surface area contributed by atoms with Crippen molar-refractivity contribution >= 4 is 17.5 Å². The number of hydrogen-bond donors (Lipinski definition) is 2. The SMILES string of the molecule is COCCN(c1nc(C(=O)O)ccc1N)C(C)C1CC1. The Balaban J connectivity index is 2.30. The zero-order valence-corrected chi connectivity index (χ0v) is 11.9. The topological polar surface area (TPSA) is 88.7 Å².